The van der Waals surface area contributed by atoms with Gasteiger partial charge < -0.3 is 5.11 Å². The standard InChI is InChI=1S/C17H25N3O/c1-5-14-6-8-15(9-7-14)17(4,21)10-16-18-12-19-20(16)11-13(2)3/h6-9,12-13,21H,5,10-11H2,1-4H3. The zero-order valence-electron chi connectivity index (χ0n) is 13.4. The lowest BCUT2D eigenvalue weighted by molar-refractivity contribution is 0.0540. The van der Waals surface area contributed by atoms with Gasteiger partial charge in [0.25, 0.3) is 0 Å². The van der Waals surface area contributed by atoms with E-state index in [2.05, 4.69) is 43.0 Å². The molecule has 1 atom stereocenters. The molecule has 2 aromatic rings. The third kappa shape index (κ3) is 3.91. The molecule has 0 saturated carbocycles. The highest BCUT2D eigenvalue weighted by molar-refractivity contribution is 5.27. The van der Waals surface area contributed by atoms with Gasteiger partial charge >= 0.3 is 0 Å². The summed E-state index contributed by atoms with van der Waals surface area (Å²) in [5, 5.41) is 15.1. The minimum absolute atomic E-state index is 0.463. The van der Waals surface area contributed by atoms with E-state index in [0.29, 0.717) is 12.3 Å². The molecule has 0 aliphatic rings. The summed E-state index contributed by atoms with van der Waals surface area (Å²) in [5.74, 6) is 1.33. The van der Waals surface area contributed by atoms with Crippen LogP contribution in [-0.4, -0.2) is 19.9 Å². The molecule has 1 heterocycles. The Morgan fingerprint density at radius 1 is 1.24 bits per heavy atom. The van der Waals surface area contributed by atoms with E-state index in [1.54, 1.807) is 6.33 Å². The van der Waals surface area contributed by atoms with Gasteiger partial charge in [0.1, 0.15) is 12.2 Å². The first-order valence-corrected chi connectivity index (χ1v) is 7.61. The predicted molar refractivity (Wildman–Crippen MR) is 84.0 cm³/mol. The molecule has 1 N–H and O–H groups in total. The number of aliphatic hydroxyl groups is 1. The Bertz CT molecular complexity index is 570. The van der Waals surface area contributed by atoms with Crippen molar-refractivity contribution in [3.63, 3.8) is 0 Å². The summed E-state index contributed by atoms with van der Waals surface area (Å²) in [6.07, 6.45) is 3.03. The van der Waals surface area contributed by atoms with E-state index in [1.807, 2.05) is 23.7 Å². The number of nitrogens with zero attached hydrogens (tertiary/aromatic N) is 3. The highest BCUT2D eigenvalue weighted by atomic mass is 16.3. The van der Waals surface area contributed by atoms with Crippen molar-refractivity contribution >= 4 is 0 Å². The Kier molecular flexibility index (Phi) is 4.78. The lowest BCUT2D eigenvalue weighted by atomic mass is 9.91. The van der Waals surface area contributed by atoms with E-state index in [1.165, 1.54) is 5.56 Å². The number of aryl methyl sites for hydroxylation is 1. The van der Waals surface area contributed by atoms with Gasteiger partial charge in [0.2, 0.25) is 0 Å². The van der Waals surface area contributed by atoms with Crippen molar-refractivity contribution in [1.82, 2.24) is 14.8 Å². The van der Waals surface area contributed by atoms with Crippen LogP contribution in [0.5, 0.6) is 0 Å². The van der Waals surface area contributed by atoms with E-state index in [0.717, 1.165) is 24.4 Å². The minimum atomic E-state index is -0.936. The van der Waals surface area contributed by atoms with Crippen molar-refractivity contribution in [2.24, 2.45) is 5.92 Å². The Labute approximate surface area is 126 Å². The van der Waals surface area contributed by atoms with Gasteiger partial charge in [0, 0.05) is 13.0 Å². The van der Waals surface area contributed by atoms with Gasteiger partial charge in [0.15, 0.2) is 0 Å². The van der Waals surface area contributed by atoms with Crippen LogP contribution in [0.4, 0.5) is 0 Å². The van der Waals surface area contributed by atoms with Crippen molar-refractivity contribution in [2.75, 3.05) is 0 Å². The summed E-state index contributed by atoms with van der Waals surface area (Å²) < 4.78 is 1.89. The zero-order valence-corrected chi connectivity index (χ0v) is 13.4. The fraction of sp³-hybridized carbons (Fsp3) is 0.529. The summed E-state index contributed by atoms with van der Waals surface area (Å²) in [6.45, 7) is 9.07. The average molecular weight is 287 g/mol. The van der Waals surface area contributed by atoms with E-state index < -0.39 is 5.60 Å². The quantitative estimate of drug-likeness (QED) is 0.888. The minimum Gasteiger partial charge on any atom is -0.385 e. The lowest BCUT2D eigenvalue weighted by Crippen LogP contribution is -2.27. The summed E-state index contributed by atoms with van der Waals surface area (Å²) in [4.78, 5) is 4.31. The average Bonchev–Trinajstić information content (AvgIpc) is 2.84. The molecule has 0 saturated heterocycles. The van der Waals surface area contributed by atoms with Crippen LogP contribution in [0.25, 0.3) is 0 Å². The molecule has 21 heavy (non-hydrogen) atoms. The van der Waals surface area contributed by atoms with Gasteiger partial charge in [-0.3, -0.25) is 0 Å². The molecular weight excluding hydrogens is 262 g/mol. The summed E-state index contributed by atoms with van der Waals surface area (Å²) in [6, 6.07) is 8.15. The molecule has 1 aromatic carbocycles. The van der Waals surface area contributed by atoms with E-state index in [4.69, 9.17) is 0 Å². The molecule has 1 unspecified atom stereocenters. The Hall–Kier alpha value is -1.68. The summed E-state index contributed by atoms with van der Waals surface area (Å²) in [5.41, 5.74) is 1.25. The van der Waals surface area contributed by atoms with Gasteiger partial charge in [0.05, 0.1) is 5.60 Å². The maximum atomic E-state index is 10.8. The first-order chi connectivity index (χ1) is 9.92. The summed E-state index contributed by atoms with van der Waals surface area (Å²) in [7, 11) is 0. The molecular formula is C17H25N3O. The molecule has 0 spiro atoms. The second-order valence-electron chi connectivity index (χ2n) is 6.25. The van der Waals surface area contributed by atoms with Crippen molar-refractivity contribution in [3.8, 4) is 0 Å². The van der Waals surface area contributed by atoms with Crippen LogP contribution in [0.15, 0.2) is 30.6 Å². The first-order valence-electron chi connectivity index (χ1n) is 7.61. The van der Waals surface area contributed by atoms with Crippen LogP contribution < -0.4 is 0 Å². The van der Waals surface area contributed by atoms with Crippen LogP contribution in [0.3, 0.4) is 0 Å². The summed E-state index contributed by atoms with van der Waals surface area (Å²) >= 11 is 0. The molecule has 4 heteroatoms. The number of rotatable bonds is 6. The third-order valence-corrected chi connectivity index (χ3v) is 3.72. The van der Waals surface area contributed by atoms with Crippen molar-refractivity contribution in [3.05, 3.63) is 47.5 Å². The first kappa shape index (κ1) is 15.7. The van der Waals surface area contributed by atoms with Crippen molar-refractivity contribution in [1.29, 1.82) is 0 Å². The smallest absolute Gasteiger partial charge is 0.138 e. The second-order valence-corrected chi connectivity index (χ2v) is 6.25. The molecule has 0 bridgehead atoms. The molecule has 0 fully saturated rings. The molecule has 0 radical (unpaired) electrons. The van der Waals surface area contributed by atoms with Gasteiger partial charge in [-0.2, -0.15) is 5.10 Å². The molecule has 4 nitrogen and oxygen atoms in total. The normalized spacial score (nSPS) is 14.4. The maximum Gasteiger partial charge on any atom is 0.138 e. The number of benzene rings is 1. The van der Waals surface area contributed by atoms with Crippen molar-refractivity contribution in [2.45, 2.75) is 52.7 Å². The van der Waals surface area contributed by atoms with Crippen LogP contribution in [0.1, 0.15) is 44.6 Å². The van der Waals surface area contributed by atoms with Crippen LogP contribution >= 0.6 is 0 Å². The topological polar surface area (TPSA) is 50.9 Å². The predicted octanol–water partition coefficient (Wildman–Crippen LogP) is 2.95. The molecule has 0 aliphatic carbocycles. The molecule has 0 amide bonds. The monoisotopic (exact) mass is 287 g/mol. The van der Waals surface area contributed by atoms with E-state index >= 15 is 0 Å². The van der Waals surface area contributed by atoms with Crippen molar-refractivity contribution < 1.29 is 5.11 Å². The van der Waals surface area contributed by atoms with Gasteiger partial charge in [-0.1, -0.05) is 45.0 Å². The van der Waals surface area contributed by atoms with Gasteiger partial charge in [-0.25, -0.2) is 9.67 Å². The lowest BCUT2D eigenvalue weighted by Gasteiger charge is -2.24. The fourth-order valence-corrected chi connectivity index (χ4v) is 2.43. The van der Waals surface area contributed by atoms with Crippen LogP contribution in [-0.2, 0) is 25.0 Å². The van der Waals surface area contributed by atoms with Crippen LogP contribution in [0.2, 0.25) is 0 Å². The van der Waals surface area contributed by atoms with Gasteiger partial charge in [-0.15, -0.1) is 0 Å². The number of hydrogen-bond donors (Lipinski definition) is 1. The Balaban J connectivity index is 2.18. The molecule has 114 valence electrons. The van der Waals surface area contributed by atoms with Gasteiger partial charge in [-0.05, 0) is 30.4 Å². The molecule has 0 aliphatic heterocycles. The molecule has 2 rings (SSSR count). The fourth-order valence-electron chi connectivity index (χ4n) is 2.43. The third-order valence-electron chi connectivity index (χ3n) is 3.72. The van der Waals surface area contributed by atoms with E-state index in [9.17, 15) is 5.11 Å². The Morgan fingerprint density at radius 2 is 1.90 bits per heavy atom. The Morgan fingerprint density at radius 3 is 2.48 bits per heavy atom. The van der Waals surface area contributed by atoms with Crippen LogP contribution in [0, 0.1) is 5.92 Å². The molecule has 1 aromatic heterocycles. The number of hydrogen-bond acceptors (Lipinski definition) is 3. The largest absolute Gasteiger partial charge is 0.385 e. The van der Waals surface area contributed by atoms with E-state index in [-0.39, 0.29) is 0 Å². The maximum absolute atomic E-state index is 10.8. The number of aromatic nitrogens is 3. The second kappa shape index (κ2) is 6.39. The highest BCUT2D eigenvalue weighted by Crippen LogP contribution is 2.25. The highest BCUT2D eigenvalue weighted by Gasteiger charge is 2.26. The SMILES string of the molecule is CCc1ccc(C(C)(O)Cc2ncnn2CC(C)C)cc1. The zero-order chi connectivity index (χ0) is 15.5.